The molecular formula is C13H15N3O2. The monoisotopic (exact) mass is 245 g/mol. The maximum absolute atomic E-state index is 11.5. The van der Waals surface area contributed by atoms with Gasteiger partial charge in [-0.25, -0.2) is 0 Å². The van der Waals surface area contributed by atoms with Crippen molar-refractivity contribution in [3.8, 4) is 0 Å². The van der Waals surface area contributed by atoms with Gasteiger partial charge in [-0.1, -0.05) is 6.07 Å². The van der Waals surface area contributed by atoms with Crippen molar-refractivity contribution in [2.24, 2.45) is 0 Å². The van der Waals surface area contributed by atoms with Gasteiger partial charge in [0.1, 0.15) is 0 Å². The van der Waals surface area contributed by atoms with E-state index in [0.29, 0.717) is 13.1 Å². The van der Waals surface area contributed by atoms with Crippen LogP contribution in [-0.4, -0.2) is 45.3 Å². The van der Waals surface area contributed by atoms with Crippen molar-refractivity contribution in [1.29, 1.82) is 0 Å². The minimum atomic E-state index is -0.492. The third kappa shape index (κ3) is 2.09. The molecule has 5 nitrogen and oxygen atoms in total. The number of aromatic nitrogens is 2. The van der Waals surface area contributed by atoms with E-state index in [0.717, 1.165) is 17.3 Å². The van der Waals surface area contributed by atoms with Crippen LogP contribution < -0.4 is 0 Å². The SMILES string of the molecule is O=C1CC(O)CN1CCc1ccc2[nH]ncc2c1. The smallest absolute Gasteiger partial charge is 0.225 e. The molecule has 1 aromatic heterocycles. The fourth-order valence-electron chi connectivity index (χ4n) is 2.38. The number of β-amino-alcohol motifs (C(OH)–C–C–N with tert-alkyl or cyclic N) is 1. The molecule has 1 atom stereocenters. The summed E-state index contributed by atoms with van der Waals surface area (Å²) >= 11 is 0. The molecule has 1 amide bonds. The third-order valence-electron chi connectivity index (χ3n) is 3.37. The van der Waals surface area contributed by atoms with Crippen LogP contribution in [0.1, 0.15) is 12.0 Å². The molecule has 0 saturated carbocycles. The molecule has 2 N–H and O–H groups in total. The van der Waals surface area contributed by atoms with Gasteiger partial charge in [0, 0.05) is 18.5 Å². The lowest BCUT2D eigenvalue weighted by atomic mass is 10.1. The van der Waals surface area contributed by atoms with Gasteiger partial charge in [0.15, 0.2) is 0 Å². The molecule has 94 valence electrons. The summed E-state index contributed by atoms with van der Waals surface area (Å²) in [6.45, 7) is 1.13. The maximum Gasteiger partial charge on any atom is 0.225 e. The lowest BCUT2D eigenvalue weighted by Crippen LogP contribution is -2.28. The summed E-state index contributed by atoms with van der Waals surface area (Å²) in [6, 6.07) is 6.12. The van der Waals surface area contributed by atoms with Crippen LogP contribution in [0.5, 0.6) is 0 Å². The molecule has 1 unspecified atom stereocenters. The fourth-order valence-corrected chi connectivity index (χ4v) is 2.38. The molecule has 0 spiro atoms. The first-order chi connectivity index (χ1) is 8.72. The van der Waals surface area contributed by atoms with Crippen molar-refractivity contribution < 1.29 is 9.90 Å². The first-order valence-corrected chi connectivity index (χ1v) is 6.10. The predicted molar refractivity (Wildman–Crippen MR) is 67.0 cm³/mol. The van der Waals surface area contributed by atoms with Gasteiger partial charge in [-0.2, -0.15) is 5.10 Å². The summed E-state index contributed by atoms with van der Waals surface area (Å²) < 4.78 is 0. The molecule has 1 aliphatic rings. The van der Waals surface area contributed by atoms with Crippen LogP contribution in [0.15, 0.2) is 24.4 Å². The molecule has 0 radical (unpaired) electrons. The van der Waals surface area contributed by atoms with Gasteiger partial charge < -0.3 is 10.0 Å². The number of aliphatic hydroxyl groups is 1. The number of benzene rings is 1. The predicted octanol–water partition coefficient (Wildman–Crippen LogP) is 0.699. The number of hydrogen-bond donors (Lipinski definition) is 2. The number of carbonyl (C=O) groups is 1. The van der Waals surface area contributed by atoms with Gasteiger partial charge in [-0.15, -0.1) is 0 Å². The molecule has 2 aromatic rings. The highest BCUT2D eigenvalue weighted by Gasteiger charge is 2.27. The number of rotatable bonds is 3. The Balaban J connectivity index is 1.67. The van der Waals surface area contributed by atoms with Crippen LogP contribution in [0, 0.1) is 0 Å². The number of aromatic amines is 1. The van der Waals surface area contributed by atoms with E-state index < -0.39 is 6.10 Å². The lowest BCUT2D eigenvalue weighted by Gasteiger charge is -2.15. The topological polar surface area (TPSA) is 69.2 Å². The minimum Gasteiger partial charge on any atom is -0.391 e. The number of nitrogens with one attached hydrogen (secondary N) is 1. The minimum absolute atomic E-state index is 0.0480. The Morgan fingerprint density at radius 2 is 2.39 bits per heavy atom. The molecule has 1 aromatic carbocycles. The Morgan fingerprint density at radius 1 is 1.50 bits per heavy atom. The van der Waals surface area contributed by atoms with E-state index in [4.69, 9.17) is 0 Å². The number of likely N-dealkylation sites (tertiary alicyclic amines) is 1. The number of nitrogens with zero attached hydrogens (tertiary/aromatic N) is 2. The summed E-state index contributed by atoms with van der Waals surface area (Å²) in [4.78, 5) is 13.3. The summed E-state index contributed by atoms with van der Waals surface area (Å²) in [5, 5.41) is 17.4. The second kappa shape index (κ2) is 4.42. The van der Waals surface area contributed by atoms with Crippen LogP contribution in [0.3, 0.4) is 0 Å². The first-order valence-electron chi connectivity index (χ1n) is 6.10. The zero-order valence-corrected chi connectivity index (χ0v) is 9.97. The molecule has 1 aliphatic heterocycles. The average Bonchev–Trinajstić information content (AvgIpc) is 2.92. The van der Waals surface area contributed by atoms with E-state index in [-0.39, 0.29) is 12.3 Å². The maximum atomic E-state index is 11.5. The quantitative estimate of drug-likeness (QED) is 0.836. The number of amides is 1. The van der Waals surface area contributed by atoms with E-state index in [9.17, 15) is 9.90 Å². The number of fused-ring (bicyclic) bond motifs is 1. The van der Waals surface area contributed by atoms with Crippen molar-refractivity contribution >= 4 is 16.8 Å². The number of carbonyl (C=O) groups excluding carboxylic acids is 1. The van der Waals surface area contributed by atoms with Crippen LogP contribution in [-0.2, 0) is 11.2 Å². The highest BCUT2D eigenvalue weighted by molar-refractivity contribution is 5.79. The van der Waals surface area contributed by atoms with Gasteiger partial charge in [0.2, 0.25) is 5.91 Å². The Labute approximate surface area is 104 Å². The molecule has 1 saturated heterocycles. The first kappa shape index (κ1) is 11.2. The molecule has 5 heteroatoms. The molecule has 0 aliphatic carbocycles. The van der Waals surface area contributed by atoms with Crippen molar-refractivity contribution in [1.82, 2.24) is 15.1 Å². The zero-order chi connectivity index (χ0) is 12.5. The highest BCUT2D eigenvalue weighted by Crippen LogP contribution is 2.15. The molecule has 3 rings (SSSR count). The summed E-state index contributed by atoms with van der Waals surface area (Å²) in [6.07, 6.45) is 2.37. The molecule has 0 bridgehead atoms. The van der Waals surface area contributed by atoms with Crippen molar-refractivity contribution in [2.75, 3.05) is 13.1 Å². The summed E-state index contributed by atoms with van der Waals surface area (Å²) in [7, 11) is 0. The summed E-state index contributed by atoms with van der Waals surface area (Å²) in [5.41, 5.74) is 2.20. The van der Waals surface area contributed by atoms with Gasteiger partial charge in [0.25, 0.3) is 0 Å². The Bertz CT molecular complexity index is 578. The number of hydrogen-bond acceptors (Lipinski definition) is 3. The van der Waals surface area contributed by atoms with Crippen molar-refractivity contribution in [2.45, 2.75) is 18.9 Å². The fraction of sp³-hybridized carbons (Fsp3) is 0.385. The van der Waals surface area contributed by atoms with Gasteiger partial charge >= 0.3 is 0 Å². The summed E-state index contributed by atoms with van der Waals surface area (Å²) in [5.74, 6) is 0.0480. The Morgan fingerprint density at radius 3 is 3.17 bits per heavy atom. The second-order valence-electron chi connectivity index (χ2n) is 4.74. The third-order valence-corrected chi connectivity index (χ3v) is 3.37. The van der Waals surface area contributed by atoms with Crippen LogP contribution >= 0.6 is 0 Å². The normalized spacial score (nSPS) is 19.9. The molecule has 18 heavy (non-hydrogen) atoms. The Hall–Kier alpha value is -1.88. The van der Waals surface area contributed by atoms with Gasteiger partial charge in [0.05, 0.1) is 24.2 Å². The van der Waals surface area contributed by atoms with Crippen LogP contribution in [0.4, 0.5) is 0 Å². The van der Waals surface area contributed by atoms with E-state index >= 15 is 0 Å². The zero-order valence-electron chi connectivity index (χ0n) is 9.97. The number of H-pyrrole nitrogens is 1. The van der Waals surface area contributed by atoms with E-state index in [1.807, 2.05) is 12.1 Å². The highest BCUT2D eigenvalue weighted by atomic mass is 16.3. The van der Waals surface area contributed by atoms with Crippen LogP contribution in [0.2, 0.25) is 0 Å². The molecular weight excluding hydrogens is 230 g/mol. The van der Waals surface area contributed by atoms with Gasteiger partial charge in [-0.05, 0) is 24.1 Å². The van der Waals surface area contributed by atoms with Crippen molar-refractivity contribution in [3.63, 3.8) is 0 Å². The standard InChI is InChI=1S/C13H15N3O2/c17-11-6-13(18)16(8-11)4-3-9-1-2-12-10(5-9)7-14-15-12/h1-2,5,7,11,17H,3-4,6,8H2,(H,14,15). The van der Waals surface area contributed by atoms with E-state index in [1.165, 1.54) is 5.56 Å². The molecule has 1 fully saturated rings. The van der Waals surface area contributed by atoms with E-state index in [1.54, 1.807) is 11.1 Å². The van der Waals surface area contributed by atoms with Gasteiger partial charge in [-0.3, -0.25) is 9.89 Å². The second-order valence-corrected chi connectivity index (χ2v) is 4.74. The lowest BCUT2D eigenvalue weighted by molar-refractivity contribution is -0.127. The Kier molecular flexibility index (Phi) is 2.76. The van der Waals surface area contributed by atoms with Crippen LogP contribution in [0.25, 0.3) is 10.9 Å². The average molecular weight is 245 g/mol. The molecule has 2 heterocycles. The number of aliphatic hydroxyl groups excluding tert-OH is 1. The largest absolute Gasteiger partial charge is 0.391 e. The van der Waals surface area contributed by atoms with Crippen molar-refractivity contribution in [3.05, 3.63) is 30.0 Å². The van der Waals surface area contributed by atoms with E-state index in [2.05, 4.69) is 16.3 Å².